The maximum Gasteiger partial charge on any atom is 0.209 e. The Morgan fingerprint density at radius 3 is 2.50 bits per heavy atom. The average molecular weight is 301 g/mol. The average Bonchev–Trinajstić information content (AvgIpc) is 2.70. The minimum absolute atomic E-state index is 0.226. The first kappa shape index (κ1) is 17.2. The highest BCUT2D eigenvalue weighted by molar-refractivity contribution is 5.93. The molecule has 0 N–H and O–H groups in total. The predicted molar refractivity (Wildman–Crippen MR) is 97.6 cm³/mol. The molecule has 2 unspecified atom stereocenters. The van der Waals surface area contributed by atoms with Crippen molar-refractivity contribution in [1.29, 1.82) is 0 Å². The molecule has 1 aromatic carbocycles. The smallest absolute Gasteiger partial charge is 0.199 e. The number of benzene rings is 1. The topological polar surface area (TPSA) is 3.01 Å². The fourth-order valence-corrected chi connectivity index (χ4v) is 3.72. The van der Waals surface area contributed by atoms with Gasteiger partial charge in [0.15, 0.2) is 12.3 Å². The molecule has 1 aromatic rings. The second-order valence-electron chi connectivity index (χ2n) is 7.52. The van der Waals surface area contributed by atoms with Gasteiger partial charge in [-0.2, -0.15) is 4.58 Å². The first-order valence-electron chi connectivity index (χ1n) is 9.16. The van der Waals surface area contributed by atoms with E-state index in [1.54, 1.807) is 11.3 Å². The molecule has 0 bridgehead atoms. The van der Waals surface area contributed by atoms with Crippen LogP contribution in [-0.2, 0) is 5.41 Å². The Balaban J connectivity index is 2.42. The number of rotatable bonds is 7. The van der Waals surface area contributed by atoms with Gasteiger partial charge in [0.25, 0.3) is 0 Å². The zero-order chi connectivity index (χ0) is 16.3. The Morgan fingerprint density at radius 2 is 1.86 bits per heavy atom. The van der Waals surface area contributed by atoms with Crippen LogP contribution >= 0.6 is 0 Å². The lowest BCUT2D eigenvalue weighted by molar-refractivity contribution is -0.447. The van der Waals surface area contributed by atoms with Crippen LogP contribution in [0.25, 0.3) is 0 Å². The first-order valence-corrected chi connectivity index (χ1v) is 9.16. The van der Waals surface area contributed by atoms with Gasteiger partial charge in [-0.3, -0.25) is 0 Å². The van der Waals surface area contributed by atoms with Gasteiger partial charge >= 0.3 is 0 Å². The molecule has 1 nitrogen and oxygen atoms in total. The summed E-state index contributed by atoms with van der Waals surface area (Å²) in [6.07, 6.45) is 6.49. The van der Waals surface area contributed by atoms with Crippen LogP contribution in [0.2, 0.25) is 0 Å². The lowest BCUT2D eigenvalue weighted by atomic mass is 9.75. The van der Waals surface area contributed by atoms with E-state index in [9.17, 15) is 0 Å². The van der Waals surface area contributed by atoms with Crippen molar-refractivity contribution in [3.8, 4) is 0 Å². The van der Waals surface area contributed by atoms with E-state index in [4.69, 9.17) is 0 Å². The van der Waals surface area contributed by atoms with E-state index >= 15 is 0 Å². The summed E-state index contributed by atoms with van der Waals surface area (Å²) in [6, 6.07) is 7.05. The van der Waals surface area contributed by atoms with E-state index in [0.717, 1.165) is 12.5 Å². The number of hydrogen-bond donors (Lipinski definition) is 0. The summed E-state index contributed by atoms with van der Waals surface area (Å²) in [6.45, 7) is 15.2. The number of fused-ring (bicyclic) bond motifs is 1. The summed E-state index contributed by atoms with van der Waals surface area (Å²) in [5.41, 5.74) is 6.19. The lowest BCUT2D eigenvalue weighted by Crippen LogP contribution is -2.31. The van der Waals surface area contributed by atoms with Crippen LogP contribution in [0.4, 0.5) is 5.69 Å². The normalized spacial score (nSPS) is 22.1. The molecule has 1 heteroatoms. The van der Waals surface area contributed by atoms with Gasteiger partial charge in [-0.25, -0.2) is 0 Å². The summed E-state index contributed by atoms with van der Waals surface area (Å²) in [5, 5.41) is 0. The third-order valence-corrected chi connectivity index (χ3v) is 5.71. The van der Waals surface area contributed by atoms with Crippen LogP contribution in [-0.4, -0.2) is 16.8 Å². The molecule has 22 heavy (non-hydrogen) atoms. The van der Waals surface area contributed by atoms with E-state index in [-0.39, 0.29) is 5.41 Å². The molecule has 1 aliphatic rings. The maximum absolute atomic E-state index is 2.61. The van der Waals surface area contributed by atoms with Crippen molar-refractivity contribution < 1.29 is 4.58 Å². The summed E-state index contributed by atoms with van der Waals surface area (Å²) in [7, 11) is 0. The van der Waals surface area contributed by atoms with E-state index in [1.165, 1.54) is 43.4 Å². The highest BCUT2D eigenvalue weighted by Gasteiger charge is 2.46. The molecule has 0 aliphatic carbocycles. The van der Waals surface area contributed by atoms with Gasteiger partial charge in [-0.15, -0.1) is 0 Å². The quantitative estimate of drug-likeness (QED) is 0.429. The molecule has 2 atom stereocenters. The molecule has 0 spiro atoms. The van der Waals surface area contributed by atoms with E-state index in [1.807, 2.05) is 0 Å². The Hall–Kier alpha value is -1.11. The number of nitrogens with zero attached hydrogens (tertiary/aromatic N) is 1. The molecular formula is C21H34N+. The summed E-state index contributed by atoms with van der Waals surface area (Å²) in [5.74, 6) is 0.738. The molecule has 122 valence electrons. The second kappa shape index (κ2) is 6.98. The third kappa shape index (κ3) is 3.14. The Labute approximate surface area is 137 Å². The minimum Gasteiger partial charge on any atom is -0.199 e. The van der Waals surface area contributed by atoms with Crippen molar-refractivity contribution in [2.75, 3.05) is 6.54 Å². The number of unbranched alkanes of at least 4 members (excludes halogenated alkanes) is 2. The van der Waals surface area contributed by atoms with Gasteiger partial charge in [0.05, 0.1) is 5.41 Å². The van der Waals surface area contributed by atoms with Crippen LogP contribution in [0.15, 0.2) is 18.2 Å². The highest BCUT2D eigenvalue weighted by atomic mass is 15.1. The fourth-order valence-electron chi connectivity index (χ4n) is 3.72. The van der Waals surface area contributed by atoms with Gasteiger partial charge in [-0.1, -0.05) is 51.7 Å². The zero-order valence-corrected chi connectivity index (χ0v) is 15.5. The fraction of sp³-hybridized carbons (Fsp3) is 0.667. The van der Waals surface area contributed by atoms with E-state index in [2.05, 4.69) is 64.3 Å². The van der Waals surface area contributed by atoms with Crippen LogP contribution in [0.1, 0.15) is 77.8 Å². The van der Waals surface area contributed by atoms with Crippen molar-refractivity contribution in [2.24, 2.45) is 5.92 Å². The lowest BCUT2D eigenvalue weighted by Gasteiger charge is -2.22. The molecule has 2 rings (SSSR count). The Morgan fingerprint density at radius 1 is 1.14 bits per heavy atom. The monoisotopic (exact) mass is 300 g/mol. The van der Waals surface area contributed by atoms with E-state index in [0.29, 0.717) is 0 Å². The minimum atomic E-state index is 0.226. The standard InChI is InChI=1S/C21H34N/c1-7-9-10-13-21(6)18(5)22(15-16(3)8-2)20-12-11-17(4)14-19(20)21/h11-12,14,16H,7-10,13,15H2,1-6H3/q+1. The van der Waals surface area contributed by atoms with Crippen LogP contribution < -0.4 is 0 Å². The van der Waals surface area contributed by atoms with Crippen molar-refractivity contribution >= 4 is 11.4 Å². The molecular weight excluding hydrogens is 266 g/mol. The summed E-state index contributed by atoms with van der Waals surface area (Å²) in [4.78, 5) is 0. The van der Waals surface area contributed by atoms with Crippen LogP contribution in [0.5, 0.6) is 0 Å². The zero-order valence-electron chi connectivity index (χ0n) is 15.5. The largest absolute Gasteiger partial charge is 0.209 e. The van der Waals surface area contributed by atoms with Crippen molar-refractivity contribution in [3.05, 3.63) is 29.3 Å². The molecule has 0 amide bonds. The van der Waals surface area contributed by atoms with Crippen molar-refractivity contribution in [1.82, 2.24) is 0 Å². The van der Waals surface area contributed by atoms with Gasteiger partial charge < -0.3 is 0 Å². The van der Waals surface area contributed by atoms with Gasteiger partial charge in [0.1, 0.15) is 0 Å². The number of hydrogen-bond acceptors (Lipinski definition) is 0. The second-order valence-corrected chi connectivity index (χ2v) is 7.52. The summed E-state index contributed by atoms with van der Waals surface area (Å²) < 4.78 is 2.61. The molecule has 0 aromatic heterocycles. The van der Waals surface area contributed by atoms with Gasteiger partial charge in [-0.05, 0) is 32.8 Å². The van der Waals surface area contributed by atoms with E-state index < -0.39 is 0 Å². The molecule has 1 aliphatic heterocycles. The van der Waals surface area contributed by atoms with Crippen molar-refractivity contribution in [2.45, 2.75) is 79.1 Å². The predicted octanol–water partition coefficient (Wildman–Crippen LogP) is 6.00. The summed E-state index contributed by atoms with van der Waals surface area (Å²) >= 11 is 0. The van der Waals surface area contributed by atoms with Crippen molar-refractivity contribution in [3.63, 3.8) is 0 Å². The van der Waals surface area contributed by atoms with Gasteiger partial charge in [0.2, 0.25) is 5.69 Å². The maximum atomic E-state index is 2.61. The molecule has 0 fully saturated rings. The van der Waals surface area contributed by atoms with Gasteiger partial charge in [0, 0.05) is 24.5 Å². The molecule has 0 saturated carbocycles. The SMILES string of the molecule is CCCCCC1(C)C(C)=[N+](CC(C)CC)c2ccc(C)cc21. The van der Waals surface area contributed by atoms with Crippen LogP contribution in [0, 0.1) is 12.8 Å². The highest BCUT2D eigenvalue weighted by Crippen LogP contribution is 2.43. The molecule has 0 radical (unpaired) electrons. The van der Waals surface area contributed by atoms with Crippen LogP contribution in [0.3, 0.4) is 0 Å². The molecule has 0 saturated heterocycles. The first-order chi connectivity index (χ1) is 10.4. The number of aryl methyl sites for hydroxylation is 1. The Bertz CT molecular complexity index is 555. The third-order valence-electron chi connectivity index (χ3n) is 5.71. The molecule has 1 heterocycles. The Kier molecular flexibility index (Phi) is 5.47.